The number of fused-ring (bicyclic) bond motifs is 1. The fourth-order valence-corrected chi connectivity index (χ4v) is 2.17. The van der Waals surface area contributed by atoms with E-state index in [2.05, 4.69) is 15.3 Å². The highest BCUT2D eigenvalue weighted by molar-refractivity contribution is 6.31. The highest BCUT2D eigenvalue weighted by Gasteiger charge is 2.21. The third-order valence-electron chi connectivity index (χ3n) is 2.70. The summed E-state index contributed by atoms with van der Waals surface area (Å²) >= 11 is 11.7. The molecule has 1 unspecified atom stereocenters. The largest absolute Gasteiger partial charge is 0.357 e. The maximum Gasteiger partial charge on any atom is 0.242 e. The van der Waals surface area contributed by atoms with Crippen molar-refractivity contribution in [1.82, 2.24) is 19.9 Å². The standard InChI is InChI=1S/C11H12Cl2N4O/c1-6(11(18)14-2)17-9(4-12)16-8-3-7(13)5-15-10(8)17/h3,5-6H,4H2,1-2H3,(H,14,18). The van der Waals surface area contributed by atoms with E-state index in [9.17, 15) is 4.79 Å². The first-order valence-electron chi connectivity index (χ1n) is 5.38. The van der Waals surface area contributed by atoms with Crippen LogP contribution in [0.2, 0.25) is 5.02 Å². The van der Waals surface area contributed by atoms with E-state index in [1.807, 2.05) is 0 Å². The van der Waals surface area contributed by atoms with Crippen LogP contribution in [0.5, 0.6) is 0 Å². The number of nitrogens with zero attached hydrogens (tertiary/aromatic N) is 3. The number of carbonyl (C=O) groups is 1. The van der Waals surface area contributed by atoms with Crippen molar-refractivity contribution in [1.29, 1.82) is 0 Å². The number of hydrogen-bond acceptors (Lipinski definition) is 3. The van der Waals surface area contributed by atoms with Gasteiger partial charge in [-0.1, -0.05) is 11.6 Å². The molecule has 2 rings (SSSR count). The number of imidazole rings is 1. The molecule has 0 bridgehead atoms. The fraction of sp³-hybridized carbons (Fsp3) is 0.364. The Bertz CT molecular complexity index is 596. The van der Waals surface area contributed by atoms with Crippen molar-refractivity contribution in [3.8, 4) is 0 Å². The molecule has 0 saturated heterocycles. The minimum atomic E-state index is -0.428. The van der Waals surface area contributed by atoms with E-state index in [4.69, 9.17) is 23.2 Å². The summed E-state index contributed by atoms with van der Waals surface area (Å²) < 4.78 is 1.72. The van der Waals surface area contributed by atoms with Gasteiger partial charge in [0.15, 0.2) is 5.65 Å². The smallest absolute Gasteiger partial charge is 0.242 e. The molecular weight excluding hydrogens is 275 g/mol. The predicted octanol–water partition coefficient (Wildman–Crippen LogP) is 2.13. The Kier molecular flexibility index (Phi) is 3.73. The molecule has 0 aliphatic rings. The van der Waals surface area contributed by atoms with E-state index < -0.39 is 6.04 Å². The van der Waals surface area contributed by atoms with Gasteiger partial charge in [0.25, 0.3) is 0 Å². The van der Waals surface area contributed by atoms with E-state index in [-0.39, 0.29) is 11.8 Å². The molecule has 0 aromatic carbocycles. The molecule has 0 aliphatic carbocycles. The van der Waals surface area contributed by atoms with Crippen LogP contribution in [0.25, 0.3) is 11.2 Å². The van der Waals surface area contributed by atoms with Gasteiger partial charge in [0.2, 0.25) is 5.91 Å². The fourth-order valence-electron chi connectivity index (χ4n) is 1.83. The SMILES string of the molecule is CNC(=O)C(C)n1c(CCl)nc2cc(Cl)cnc21. The lowest BCUT2D eigenvalue weighted by atomic mass is 10.3. The summed E-state index contributed by atoms with van der Waals surface area (Å²) in [5, 5.41) is 3.10. The summed E-state index contributed by atoms with van der Waals surface area (Å²) in [5.41, 5.74) is 1.24. The first-order valence-corrected chi connectivity index (χ1v) is 6.29. The monoisotopic (exact) mass is 286 g/mol. The zero-order chi connectivity index (χ0) is 13.3. The zero-order valence-electron chi connectivity index (χ0n) is 9.94. The highest BCUT2D eigenvalue weighted by Crippen LogP contribution is 2.23. The van der Waals surface area contributed by atoms with E-state index in [1.54, 1.807) is 24.6 Å². The van der Waals surface area contributed by atoms with Crippen LogP contribution in [0.1, 0.15) is 18.8 Å². The maximum atomic E-state index is 11.7. The van der Waals surface area contributed by atoms with Crippen LogP contribution in [-0.4, -0.2) is 27.5 Å². The number of aromatic nitrogens is 3. The highest BCUT2D eigenvalue weighted by atomic mass is 35.5. The van der Waals surface area contributed by atoms with Crippen molar-refractivity contribution in [2.75, 3.05) is 7.05 Å². The van der Waals surface area contributed by atoms with Gasteiger partial charge < -0.3 is 5.32 Å². The van der Waals surface area contributed by atoms with E-state index in [1.165, 1.54) is 6.20 Å². The van der Waals surface area contributed by atoms with Gasteiger partial charge in [-0.3, -0.25) is 9.36 Å². The summed E-state index contributed by atoms with van der Waals surface area (Å²) in [5.74, 6) is 0.671. The van der Waals surface area contributed by atoms with Gasteiger partial charge in [0, 0.05) is 13.2 Å². The van der Waals surface area contributed by atoms with Crippen LogP contribution in [0.4, 0.5) is 0 Å². The summed E-state index contributed by atoms with van der Waals surface area (Å²) in [6.07, 6.45) is 1.52. The van der Waals surface area contributed by atoms with Crippen molar-refractivity contribution < 1.29 is 4.79 Å². The summed E-state index contributed by atoms with van der Waals surface area (Å²) in [4.78, 5) is 20.3. The summed E-state index contributed by atoms with van der Waals surface area (Å²) in [6.45, 7) is 1.77. The molecular formula is C11H12Cl2N4O. The van der Waals surface area contributed by atoms with E-state index in [0.717, 1.165) is 0 Å². The van der Waals surface area contributed by atoms with Crippen molar-refractivity contribution >= 4 is 40.3 Å². The Hall–Kier alpha value is -1.33. The van der Waals surface area contributed by atoms with Gasteiger partial charge in [-0.25, -0.2) is 9.97 Å². The minimum absolute atomic E-state index is 0.127. The molecule has 2 aromatic heterocycles. The van der Waals surface area contributed by atoms with Crippen LogP contribution >= 0.6 is 23.2 Å². The van der Waals surface area contributed by atoms with E-state index >= 15 is 0 Å². The molecule has 0 spiro atoms. The molecule has 1 amide bonds. The topological polar surface area (TPSA) is 59.8 Å². The van der Waals surface area contributed by atoms with Crippen molar-refractivity contribution in [2.45, 2.75) is 18.8 Å². The average molecular weight is 287 g/mol. The van der Waals surface area contributed by atoms with Crippen LogP contribution in [0.3, 0.4) is 0 Å². The van der Waals surface area contributed by atoms with Gasteiger partial charge in [0.1, 0.15) is 17.4 Å². The molecule has 7 heteroatoms. The van der Waals surface area contributed by atoms with Crippen molar-refractivity contribution in [3.05, 3.63) is 23.1 Å². The molecule has 18 heavy (non-hydrogen) atoms. The molecule has 2 heterocycles. The normalized spacial score (nSPS) is 12.7. The van der Waals surface area contributed by atoms with Crippen molar-refractivity contribution in [3.63, 3.8) is 0 Å². The lowest BCUT2D eigenvalue weighted by Crippen LogP contribution is -2.28. The minimum Gasteiger partial charge on any atom is -0.357 e. The Morgan fingerprint density at radius 1 is 1.61 bits per heavy atom. The lowest BCUT2D eigenvalue weighted by molar-refractivity contribution is -0.123. The summed E-state index contributed by atoms with van der Waals surface area (Å²) in [6, 6.07) is 1.27. The number of rotatable bonds is 3. The Morgan fingerprint density at radius 3 is 2.94 bits per heavy atom. The number of amides is 1. The maximum absolute atomic E-state index is 11.7. The molecule has 0 radical (unpaired) electrons. The average Bonchev–Trinajstić information content (AvgIpc) is 2.74. The van der Waals surface area contributed by atoms with Gasteiger partial charge in [0.05, 0.1) is 10.9 Å². The van der Waals surface area contributed by atoms with E-state index in [0.29, 0.717) is 22.0 Å². The quantitative estimate of drug-likeness (QED) is 0.880. The number of nitrogens with one attached hydrogen (secondary N) is 1. The number of halogens is 2. The lowest BCUT2D eigenvalue weighted by Gasteiger charge is -2.14. The van der Waals surface area contributed by atoms with Gasteiger partial charge in [-0.05, 0) is 13.0 Å². The first kappa shape index (κ1) is 13.1. The second kappa shape index (κ2) is 5.12. The number of carbonyl (C=O) groups excluding carboxylic acids is 1. The Morgan fingerprint density at radius 2 is 2.33 bits per heavy atom. The third kappa shape index (κ3) is 2.15. The molecule has 0 saturated carbocycles. The second-order valence-corrected chi connectivity index (χ2v) is 4.52. The molecule has 1 atom stereocenters. The van der Waals surface area contributed by atoms with Gasteiger partial charge >= 0.3 is 0 Å². The number of alkyl halides is 1. The second-order valence-electron chi connectivity index (χ2n) is 3.82. The zero-order valence-corrected chi connectivity index (χ0v) is 11.5. The molecule has 1 N–H and O–H groups in total. The number of pyridine rings is 1. The predicted molar refractivity (Wildman–Crippen MR) is 70.9 cm³/mol. The Balaban J connectivity index is 2.63. The molecule has 96 valence electrons. The van der Waals surface area contributed by atoms with Crippen LogP contribution in [-0.2, 0) is 10.7 Å². The number of likely N-dealkylation sites (N-methyl/N-ethyl adjacent to an activating group) is 1. The molecule has 2 aromatic rings. The molecule has 0 fully saturated rings. The molecule has 5 nitrogen and oxygen atoms in total. The number of hydrogen-bond donors (Lipinski definition) is 1. The first-order chi connectivity index (χ1) is 8.58. The van der Waals surface area contributed by atoms with Crippen LogP contribution in [0.15, 0.2) is 12.3 Å². The summed E-state index contributed by atoms with van der Waals surface area (Å²) in [7, 11) is 1.59. The third-order valence-corrected chi connectivity index (χ3v) is 3.15. The van der Waals surface area contributed by atoms with Crippen molar-refractivity contribution in [2.24, 2.45) is 0 Å². The van der Waals surface area contributed by atoms with Crippen LogP contribution < -0.4 is 5.32 Å². The molecule has 0 aliphatic heterocycles. The van der Waals surface area contributed by atoms with Gasteiger partial charge in [-0.2, -0.15) is 0 Å². The van der Waals surface area contributed by atoms with Crippen LogP contribution in [0, 0.1) is 0 Å². The Labute approximate surface area is 114 Å². The van der Waals surface area contributed by atoms with Gasteiger partial charge in [-0.15, -0.1) is 11.6 Å².